The summed E-state index contributed by atoms with van der Waals surface area (Å²) in [5, 5.41) is 2.51. The molecule has 0 aliphatic carbocycles. The van der Waals surface area contributed by atoms with Crippen molar-refractivity contribution in [3.05, 3.63) is 61.6 Å². The minimum Gasteiger partial charge on any atom is -0.492 e. The number of ether oxygens (including phenoxy) is 1. The smallest absolute Gasteiger partial charge is 0.270 e. The van der Waals surface area contributed by atoms with Gasteiger partial charge in [-0.3, -0.25) is 25.8 Å². The van der Waals surface area contributed by atoms with Crippen molar-refractivity contribution < 1.29 is 14.3 Å². The predicted octanol–water partition coefficient (Wildman–Crippen LogP) is 4.04. The summed E-state index contributed by atoms with van der Waals surface area (Å²) in [6.45, 7) is 4.53. The maximum Gasteiger partial charge on any atom is 0.270 e. The lowest BCUT2D eigenvalue weighted by Gasteiger charge is -2.15. The van der Waals surface area contributed by atoms with Crippen LogP contribution in [0, 0.1) is 9.49 Å². The summed E-state index contributed by atoms with van der Waals surface area (Å²) in [4.78, 5) is 24.8. The van der Waals surface area contributed by atoms with Crippen molar-refractivity contribution in [2.75, 3.05) is 6.61 Å². The summed E-state index contributed by atoms with van der Waals surface area (Å²) in [7, 11) is 0. The molecule has 0 bridgehead atoms. The quantitative estimate of drug-likeness (QED) is 0.285. The van der Waals surface area contributed by atoms with Crippen LogP contribution in [0.2, 0.25) is 0 Å². The molecule has 148 valence electrons. The van der Waals surface area contributed by atoms with Crippen molar-refractivity contribution in [2.24, 2.45) is 5.92 Å². The molecule has 0 radical (unpaired) electrons. The molecule has 0 saturated carbocycles. The molecular formula is C19H19BrIN3O3S. The van der Waals surface area contributed by atoms with E-state index in [0.29, 0.717) is 29.4 Å². The average molecular weight is 576 g/mol. The van der Waals surface area contributed by atoms with Crippen LogP contribution in [0.15, 0.2) is 46.9 Å². The Bertz CT molecular complexity index is 892. The van der Waals surface area contributed by atoms with Gasteiger partial charge in [-0.15, -0.1) is 0 Å². The lowest BCUT2D eigenvalue weighted by Crippen LogP contribution is -2.48. The number of thiocarbonyl (C=S) groups is 1. The van der Waals surface area contributed by atoms with Gasteiger partial charge >= 0.3 is 0 Å². The van der Waals surface area contributed by atoms with Gasteiger partial charge in [0.15, 0.2) is 5.11 Å². The molecule has 0 aliphatic heterocycles. The van der Waals surface area contributed by atoms with E-state index in [4.69, 9.17) is 17.0 Å². The van der Waals surface area contributed by atoms with Crippen LogP contribution in [0.3, 0.4) is 0 Å². The minimum absolute atomic E-state index is 0.0286. The Morgan fingerprint density at radius 1 is 1.11 bits per heavy atom. The van der Waals surface area contributed by atoms with Crippen LogP contribution in [0.5, 0.6) is 5.75 Å². The van der Waals surface area contributed by atoms with Crippen LogP contribution in [0.25, 0.3) is 0 Å². The van der Waals surface area contributed by atoms with Gasteiger partial charge in [0.2, 0.25) is 0 Å². The van der Waals surface area contributed by atoms with Gasteiger partial charge in [-0.25, -0.2) is 0 Å². The second kappa shape index (κ2) is 10.7. The van der Waals surface area contributed by atoms with Gasteiger partial charge < -0.3 is 4.74 Å². The van der Waals surface area contributed by atoms with E-state index in [1.54, 1.807) is 30.3 Å². The zero-order valence-electron chi connectivity index (χ0n) is 15.2. The van der Waals surface area contributed by atoms with Gasteiger partial charge in [-0.05, 0) is 71.1 Å². The first kappa shape index (κ1) is 22.6. The zero-order chi connectivity index (χ0) is 20.7. The molecule has 2 rings (SSSR count). The molecule has 0 aromatic heterocycles. The topological polar surface area (TPSA) is 79.5 Å². The van der Waals surface area contributed by atoms with Crippen molar-refractivity contribution in [2.45, 2.75) is 13.8 Å². The van der Waals surface area contributed by atoms with E-state index in [2.05, 4.69) is 54.7 Å². The second-order valence-electron chi connectivity index (χ2n) is 6.19. The van der Waals surface area contributed by atoms with Gasteiger partial charge in [-0.1, -0.05) is 41.9 Å². The summed E-state index contributed by atoms with van der Waals surface area (Å²) < 4.78 is 7.25. The maximum absolute atomic E-state index is 12.6. The third kappa shape index (κ3) is 6.71. The molecule has 0 atom stereocenters. The number of amides is 2. The summed E-state index contributed by atoms with van der Waals surface area (Å²) >= 11 is 10.5. The van der Waals surface area contributed by atoms with E-state index < -0.39 is 5.91 Å². The van der Waals surface area contributed by atoms with E-state index in [0.717, 1.165) is 8.04 Å². The van der Waals surface area contributed by atoms with Gasteiger partial charge in [0.1, 0.15) is 5.75 Å². The van der Waals surface area contributed by atoms with Crippen molar-refractivity contribution in [3.8, 4) is 5.75 Å². The monoisotopic (exact) mass is 575 g/mol. The zero-order valence-corrected chi connectivity index (χ0v) is 19.8. The lowest BCUT2D eigenvalue weighted by molar-refractivity contribution is 0.0933. The molecule has 0 heterocycles. The summed E-state index contributed by atoms with van der Waals surface area (Å²) in [5.41, 5.74) is 5.85. The second-order valence-corrected chi connectivity index (χ2v) is 8.67. The minimum atomic E-state index is -0.443. The summed E-state index contributed by atoms with van der Waals surface area (Å²) in [5.74, 6) is -0.0236. The van der Waals surface area contributed by atoms with Crippen LogP contribution in [-0.4, -0.2) is 23.5 Å². The molecule has 0 saturated heterocycles. The molecule has 0 unspecified atom stereocenters. The molecule has 9 heteroatoms. The fourth-order valence-electron chi connectivity index (χ4n) is 2.09. The standard InChI is InChI=1S/C19H19BrIN3O3S/c1-11(2)10-27-16-8-7-12(20)9-14(16)17(25)22-19(28)24-23-18(26)13-5-3-4-6-15(13)21/h3-9,11H,10H2,1-2H3,(H,23,26)(H2,22,24,25,28). The highest BCUT2D eigenvalue weighted by atomic mass is 127. The molecule has 2 aromatic carbocycles. The third-order valence-electron chi connectivity index (χ3n) is 3.39. The Balaban J connectivity index is 1.98. The van der Waals surface area contributed by atoms with E-state index >= 15 is 0 Å². The fourth-order valence-corrected chi connectivity index (χ4v) is 3.23. The first-order valence-corrected chi connectivity index (χ1v) is 10.6. The largest absolute Gasteiger partial charge is 0.492 e. The number of hydrogen-bond donors (Lipinski definition) is 3. The van der Waals surface area contributed by atoms with Gasteiger partial charge in [0.25, 0.3) is 11.8 Å². The number of halogens is 2. The average Bonchev–Trinajstić information content (AvgIpc) is 2.65. The highest BCUT2D eigenvalue weighted by Crippen LogP contribution is 2.23. The Kier molecular flexibility index (Phi) is 8.64. The molecule has 2 amide bonds. The highest BCUT2D eigenvalue weighted by molar-refractivity contribution is 14.1. The van der Waals surface area contributed by atoms with Crippen molar-refractivity contribution in [1.82, 2.24) is 16.2 Å². The van der Waals surface area contributed by atoms with Crippen LogP contribution < -0.4 is 20.9 Å². The highest BCUT2D eigenvalue weighted by Gasteiger charge is 2.16. The molecule has 0 aliphatic rings. The van der Waals surface area contributed by atoms with Crippen molar-refractivity contribution >= 4 is 67.7 Å². The molecule has 0 spiro atoms. The lowest BCUT2D eigenvalue weighted by atomic mass is 10.2. The van der Waals surface area contributed by atoms with E-state index in [1.807, 2.05) is 26.0 Å². The first-order chi connectivity index (χ1) is 13.3. The fraction of sp³-hybridized carbons (Fsp3) is 0.211. The van der Waals surface area contributed by atoms with E-state index in [1.165, 1.54) is 0 Å². The molecule has 0 fully saturated rings. The molecule has 3 N–H and O–H groups in total. The Hall–Kier alpha value is -1.72. The van der Waals surface area contributed by atoms with Gasteiger partial charge in [0.05, 0.1) is 17.7 Å². The Labute approximate surface area is 191 Å². The molecular weight excluding hydrogens is 557 g/mol. The third-order valence-corrected chi connectivity index (χ3v) is 5.03. The van der Waals surface area contributed by atoms with E-state index in [-0.39, 0.29) is 11.0 Å². The number of benzene rings is 2. The van der Waals surface area contributed by atoms with E-state index in [9.17, 15) is 9.59 Å². The van der Waals surface area contributed by atoms with Gasteiger partial charge in [-0.2, -0.15) is 0 Å². The van der Waals surface area contributed by atoms with Crippen LogP contribution in [0.4, 0.5) is 0 Å². The SMILES string of the molecule is CC(C)COc1ccc(Br)cc1C(=O)NC(=S)NNC(=O)c1ccccc1I. The van der Waals surface area contributed by atoms with Crippen LogP contribution in [0.1, 0.15) is 34.6 Å². The van der Waals surface area contributed by atoms with Crippen LogP contribution >= 0.6 is 50.7 Å². The molecule has 28 heavy (non-hydrogen) atoms. The van der Waals surface area contributed by atoms with Crippen molar-refractivity contribution in [1.29, 1.82) is 0 Å². The van der Waals surface area contributed by atoms with Gasteiger partial charge in [0, 0.05) is 8.04 Å². The summed E-state index contributed by atoms with van der Waals surface area (Å²) in [6, 6.07) is 12.3. The number of carbonyl (C=O) groups excluding carboxylic acids is 2. The first-order valence-electron chi connectivity index (χ1n) is 8.36. The number of rotatable bonds is 5. The predicted molar refractivity (Wildman–Crippen MR) is 124 cm³/mol. The van der Waals surface area contributed by atoms with Crippen LogP contribution in [-0.2, 0) is 0 Å². The number of nitrogens with one attached hydrogen (secondary N) is 3. The Morgan fingerprint density at radius 2 is 1.82 bits per heavy atom. The number of hydrazine groups is 1. The Morgan fingerprint density at radius 3 is 2.50 bits per heavy atom. The molecule has 2 aromatic rings. The maximum atomic E-state index is 12.6. The number of hydrogen-bond acceptors (Lipinski definition) is 4. The normalized spacial score (nSPS) is 10.3. The van der Waals surface area contributed by atoms with Crippen molar-refractivity contribution in [3.63, 3.8) is 0 Å². The molecule has 6 nitrogen and oxygen atoms in total. The summed E-state index contributed by atoms with van der Waals surface area (Å²) in [6.07, 6.45) is 0. The number of carbonyl (C=O) groups is 2.